The number of ether oxygens (including phenoxy) is 1. The number of carbonyl (C=O) groups is 9. The summed E-state index contributed by atoms with van der Waals surface area (Å²) in [5.41, 5.74) is 3.37. The molecule has 1 fully saturated rings. The lowest BCUT2D eigenvalue weighted by Crippen LogP contribution is -2.56. The van der Waals surface area contributed by atoms with E-state index in [4.69, 9.17) is 15.6 Å². The second-order valence-corrected chi connectivity index (χ2v) is 15.9. The maximum absolute atomic E-state index is 13.0. The number of carbonyl (C=O) groups excluding carboxylic acids is 8. The number of Topliss-reactive ketones (excluding diaryl/α,β-unsaturated/α-hetero) is 1. The zero-order chi connectivity index (χ0) is 44.7. The summed E-state index contributed by atoms with van der Waals surface area (Å²) in [5, 5.41) is 29.4. The van der Waals surface area contributed by atoms with E-state index in [2.05, 4.69) is 47.4 Å². The third kappa shape index (κ3) is 25.3. The third-order valence-electron chi connectivity index (χ3n) is 8.04. The van der Waals surface area contributed by atoms with E-state index >= 15 is 0 Å². The lowest BCUT2D eigenvalue weighted by molar-refractivity contribution is -0.140. The number of hydrogen-bond acceptors (Lipinski definition) is 11. The smallest absolute Gasteiger partial charge is 0.303 e. The van der Waals surface area contributed by atoms with Gasteiger partial charge in [0.1, 0.15) is 17.9 Å². The van der Waals surface area contributed by atoms with Crippen LogP contribution in [-0.4, -0.2) is 131 Å². The molecule has 19 nitrogen and oxygen atoms in total. The molecule has 328 valence electrons. The Bertz CT molecular complexity index is 1360. The number of nitrogens with two attached hydrogens (primary N) is 1. The van der Waals surface area contributed by atoms with Crippen molar-refractivity contribution >= 4 is 53.1 Å². The van der Waals surface area contributed by atoms with Crippen LogP contribution in [0.3, 0.4) is 0 Å². The Morgan fingerprint density at radius 2 is 1.37 bits per heavy atom. The summed E-state index contributed by atoms with van der Waals surface area (Å²) in [7, 11) is 0. The van der Waals surface area contributed by atoms with Crippen molar-refractivity contribution < 1.29 is 58.1 Å². The topological polar surface area (TPSA) is 293 Å². The number of carboxylic acids is 1. The Kier molecular flexibility index (Phi) is 25.9. The van der Waals surface area contributed by atoms with Gasteiger partial charge < -0.3 is 52.2 Å². The van der Waals surface area contributed by atoms with Gasteiger partial charge in [-0.15, -0.1) is 0 Å². The van der Waals surface area contributed by atoms with E-state index in [0.717, 1.165) is 5.92 Å². The summed E-state index contributed by atoms with van der Waals surface area (Å²) in [5.74, 6) is -4.59. The Labute approximate surface area is 336 Å². The Morgan fingerprint density at radius 3 is 1.86 bits per heavy atom. The second-order valence-electron chi connectivity index (χ2n) is 15.9. The van der Waals surface area contributed by atoms with Crippen molar-refractivity contribution in [3.63, 3.8) is 0 Å². The maximum atomic E-state index is 13.0. The predicted octanol–water partition coefficient (Wildman–Crippen LogP) is -0.237. The summed E-state index contributed by atoms with van der Waals surface area (Å²) in [6.07, 6.45) is 0.318. The minimum Gasteiger partial charge on any atom is -0.481 e. The highest BCUT2D eigenvalue weighted by molar-refractivity contribution is 5.95. The fraction of sp³-hybridized carbons (Fsp3) is 0.763. The highest BCUT2D eigenvalue weighted by Crippen LogP contribution is 2.24. The molecule has 1 aliphatic heterocycles. The van der Waals surface area contributed by atoms with Gasteiger partial charge in [-0.25, -0.2) is 0 Å². The number of nitrogens with zero attached hydrogens (tertiary/aromatic N) is 1. The molecule has 0 saturated carbocycles. The molecule has 19 heteroatoms. The van der Waals surface area contributed by atoms with Gasteiger partial charge in [-0.2, -0.15) is 0 Å². The van der Waals surface area contributed by atoms with Crippen LogP contribution in [0.15, 0.2) is 0 Å². The zero-order valence-corrected chi connectivity index (χ0v) is 35.7. The molecule has 1 heterocycles. The first kappa shape index (κ1) is 54.5. The molecule has 1 rings (SSSR count). The number of nitrogens with one attached hydrogen (secondary N) is 5. The number of amides is 7. The number of hydrogen-bond donors (Lipinski definition) is 8. The summed E-state index contributed by atoms with van der Waals surface area (Å²) >= 11 is 0. The number of aliphatic hydroxyl groups is 1. The van der Waals surface area contributed by atoms with Crippen LogP contribution >= 0.6 is 0 Å². The van der Waals surface area contributed by atoms with Crippen molar-refractivity contribution in [2.24, 2.45) is 23.0 Å². The highest BCUT2D eigenvalue weighted by Gasteiger charge is 2.36. The van der Waals surface area contributed by atoms with E-state index in [-0.39, 0.29) is 50.1 Å². The predicted molar refractivity (Wildman–Crippen MR) is 211 cm³/mol. The van der Waals surface area contributed by atoms with Gasteiger partial charge in [0, 0.05) is 37.3 Å². The van der Waals surface area contributed by atoms with E-state index in [9.17, 15) is 48.3 Å². The average Bonchev–Trinajstić information content (AvgIpc) is 3.59. The van der Waals surface area contributed by atoms with Gasteiger partial charge >= 0.3 is 5.97 Å². The molecule has 0 aromatic rings. The van der Waals surface area contributed by atoms with E-state index in [1.165, 1.54) is 11.8 Å². The molecule has 0 aromatic carbocycles. The first-order valence-electron chi connectivity index (χ1n) is 19.2. The van der Waals surface area contributed by atoms with Gasteiger partial charge in [0.15, 0.2) is 0 Å². The summed E-state index contributed by atoms with van der Waals surface area (Å²) < 4.78 is 5.89. The SMILES string of the molecule is CC(C)C.CC(C)C(=O)CC(C)(C)OCCC(C)(C)C(=O)NCC(=O)N1CCCC1C(=O)NCC(=O)NC(C(=O)NCC(=O)NCC(N)=O)C(C)O.CCC(=O)O. The van der Waals surface area contributed by atoms with Crippen LogP contribution in [0.1, 0.15) is 108 Å². The summed E-state index contributed by atoms with van der Waals surface area (Å²) in [4.78, 5) is 109. The highest BCUT2D eigenvalue weighted by atomic mass is 16.5. The van der Waals surface area contributed by atoms with Crippen molar-refractivity contribution in [1.29, 1.82) is 0 Å². The quantitative estimate of drug-likeness (QED) is 0.0746. The van der Waals surface area contributed by atoms with Crippen LogP contribution in [0.4, 0.5) is 0 Å². The number of carboxylic acid groups (broad SMARTS) is 1. The third-order valence-corrected chi connectivity index (χ3v) is 8.04. The minimum absolute atomic E-state index is 0.0853. The lowest BCUT2D eigenvalue weighted by Gasteiger charge is -2.29. The first-order valence-corrected chi connectivity index (χ1v) is 19.2. The van der Waals surface area contributed by atoms with Crippen molar-refractivity contribution in [3.05, 3.63) is 0 Å². The molecule has 3 atom stereocenters. The molecule has 1 aliphatic rings. The van der Waals surface area contributed by atoms with Crippen LogP contribution in [0.2, 0.25) is 0 Å². The molecule has 3 unspecified atom stereocenters. The molecule has 7 amide bonds. The number of ketones is 1. The molecule has 57 heavy (non-hydrogen) atoms. The van der Waals surface area contributed by atoms with Crippen LogP contribution in [0.25, 0.3) is 0 Å². The Hall–Kier alpha value is -4.65. The fourth-order valence-corrected chi connectivity index (χ4v) is 4.65. The molecular formula is C38H69N7O12. The minimum atomic E-state index is -1.46. The standard InChI is InChI=1S/C31H53N7O10.C4H10.C3H6O2/c1-18(2)21(40)13-31(6,7)48-12-10-30(4,5)29(47)36-17-25(44)38-11-8-9-20(38)27(45)34-16-24(43)37-26(19(3)39)28(46)35-15-23(42)33-14-22(32)41;1-4(2)3;1-2-3(4)5/h18-20,26,39H,8-17H2,1-7H3,(H2,32,41)(H,33,42)(H,34,45)(H,35,46)(H,36,47)(H,37,43);4H,1-3H3;2H2,1H3,(H,4,5). The molecule has 0 bridgehead atoms. The molecule has 0 radical (unpaired) electrons. The van der Waals surface area contributed by atoms with Gasteiger partial charge in [0.2, 0.25) is 41.4 Å². The van der Waals surface area contributed by atoms with Gasteiger partial charge in [0.25, 0.3) is 0 Å². The lowest BCUT2D eigenvalue weighted by atomic mass is 9.88. The Morgan fingerprint density at radius 1 is 0.825 bits per heavy atom. The number of aliphatic carboxylic acids is 1. The van der Waals surface area contributed by atoms with Crippen LogP contribution in [-0.2, 0) is 47.9 Å². The average molecular weight is 816 g/mol. The summed E-state index contributed by atoms with van der Waals surface area (Å²) in [6.45, 7) is 18.7. The second kappa shape index (κ2) is 27.1. The molecule has 0 spiro atoms. The van der Waals surface area contributed by atoms with Crippen LogP contribution < -0.4 is 32.3 Å². The monoisotopic (exact) mass is 816 g/mol. The molecular weight excluding hydrogens is 746 g/mol. The van der Waals surface area contributed by atoms with Crippen molar-refractivity contribution in [2.45, 2.75) is 132 Å². The van der Waals surface area contributed by atoms with E-state index in [1.807, 2.05) is 27.7 Å². The molecule has 0 aliphatic carbocycles. The summed E-state index contributed by atoms with van der Waals surface area (Å²) in [6, 6.07) is -2.34. The fourth-order valence-electron chi connectivity index (χ4n) is 4.65. The largest absolute Gasteiger partial charge is 0.481 e. The van der Waals surface area contributed by atoms with E-state index in [1.54, 1.807) is 20.8 Å². The normalized spacial score (nSPS) is 14.8. The molecule has 0 aromatic heterocycles. The number of primary amides is 1. The first-order chi connectivity index (χ1) is 26.2. The van der Waals surface area contributed by atoms with Crippen molar-refractivity contribution in [3.8, 4) is 0 Å². The van der Waals surface area contributed by atoms with Crippen LogP contribution in [0.5, 0.6) is 0 Å². The maximum Gasteiger partial charge on any atom is 0.303 e. The van der Waals surface area contributed by atoms with Gasteiger partial charge in [-0.1, -0.05) is 55.4 Å². The van der Waals surface area contributed by atoms with Crippen molar-refractivity contribution in [1.82, 2.24) is 31.5 Å². The molecule has 9 N–H and O–H groups in total. The number of rotatable bonds is 21. The molecule has 1 saturated heterocycles. The number of aliphatic hydroxyl groups excluding tert-OH is 1. The van der Waals surface area contributed by atoms with Crippen LogP contribution in [0, 0.1) is 17.3 Å². The number of likely N-dealkylation sites (tertiary alicyclic amines) is 1. The zero-order valence-electron chi connectivity index (χ0n) is 35.7. The van der Waals surface area contributed by atoms with Crippen molar-refractivity contribution in [2.75, 3.05) is 39.3 Å². The Balaban J connectivity index is 0. The van der Waals surface area contributed by atoms with E-state index < -0.39 is 90.3 Å². The van der Waals surface area contributed by atoms with Gasteiger partial charge in [-0.05, 0) is 46.0 Å². The van der Waals surface area contributed by atoms with E-state index in [0.29, 0.717) is 19.3 Å². The van der Waals surface area contributed by atoms with Gasteiger partial charge in [-0.3, -0.25) is 43.2 Å². The van der Waals surface area contributed by atoms with Gasteiger partial charge in [0.05, 0.1) is 37.9 Å².